The minimum absolute atomic E-state index is 0.0391. The van der Waals surface area contributed by atoms with E-state index in [2.05, 4.69) is 5.10 Å². The van der Waals surface area contributed by atoms with Crippen LogP contribution in [0, 0.1) is 11.8 Å². The first-order chi connectivity index (χ1) is 12.1. The zero-order chi connectivity index (χ0) is 17.8. The Bertz CT molecular complexity index is 607. The molecule has 0 bridgehead atoms. The first-order valence-electron chi connectivity index (χ1n) is 9.27. The van der Waals surface area contributed by atoms with Crippen molar-refractivity contribution >= 4 is 11.8 Å². The number of nitrogens with zero attached hydrogens (tertiary/aromatic N) is 3. The lowest BCUT2D eigenvalue weighted by Crippen LogP contribution is -2.40. The maximum atomic E-state index is 12.4. The molecule has 0 saturated carbocycles. The number of ether oxygens (including phenoxy) is 1. The average Bonchev–Trinajstić information content (AvgIpc) is 3.24. The summed E-state index contributed by atoms with van der Waals surface area (Å²) < 4.78 is 7.54. The topological polar surface area (TPSA) is 90.5 Å². The highest BCUT2D eigenvalue weighted by atomic mass is 16.5. The number of piperidine rings is 1. The van der Waals surface area contributed by atoms with Crippen LogP contribution in [0.1, 0.15) is 38.3 Å². The van der Waals surface area contributed by atoms with E-state index in [9.17, 15) is 9.59 Å². The lowest BCUT2D eigenvalue weighted by molar-refractivity contribution is -0.132. The molecule has 2 amide bonds. The fourth-order valence-electron chi connectivity index (χ4n) is 3.89. The average molecular weight is 348 g/mol. The summed E-state index contributed by atoms with van der Waals surface area (Å²) in [6.45, 7) is 5.01. The SMILES string of the molecule is CCn1ccc(CC(=O)N2CCC(C[C@H]3OCC[C@H]3C(N)=O)CC2)n1. The van der Waals surface area contributed by atoms with Crippen molar-refractivity contribution in [3.05, 3.63) is 18.0 Å². The Kier molecular flexibility index (Phi) is 5.73. The van der Waals surface area contributed by atoms with Crippen LogP contribution in [0.4, 0.5) is 0 Å². The minimum Gasteiger partial charge on any atom is -0.377 e. The molecule has 2 atom stereocenters. The largest absolute Gasteiger partial charge is 0.377 e. The highest BCUT2D eigenvalue weighted by Crippen LogP contribution is 2.30. The first-order valence-corrected chi connectivity index (χ1v) is 9.27. The standard InChI is InChI=1S/C18H28N4O3/c1-2-22-9-5-14(20-22)12-17(23)21-7-3-13(4-8-21)11-16-15(18(19)24)6-10-25-16/h5,9,13,15-16H,2-4,6-8,10-12H2,1H3,(H2,19,24)/t15-,16-/m1/s1. The van der Waals surface area contributed by atoms with Gasteiger partial charge >= 0.3 is 0 Å². The fraction of sp³-hybridized carbons (Fsp3) is 0.722. The summed E-state index contributed by atoms with van der Waals surface area (Å²) in [7, 11) is 0. The molecule has 2 fully saturated rings. The van der Waals surface area contributed by atoms with Gasteiger partial charge in [-0.05, 0) is 44.6 Å². The van der Waals surface area contributed by atoms with Gasteiger partial charge in [0, 0.05) is 32.4 Å². The normalized spacial score (nSPS) is 24.6. The van der Waals surface area contributed by atoms with E-state index in [-0.39, 0.29) is 23.8 Å². The van der Waals surface area contributed by atoms with Crippen LogP contribution in [0.15, 0.2) is 12.3 Å². The molecule has 0 aromatic carbocycles. The van der Waals surface area contributed by atoms with Crippen LogP contribution >= 0.6 is 0 Å². The van der Waals surface area contributed by atoms with Gasteiger partial charge in [-0.15, -0.1) is 0 Å². The van der Waals surface area contributed by atoms with Crippen molar-refractivity contribution in [2.24, 2.45) is 17.6 Å². The van der Waals surface area contributed by atoms with E-state index in [1.807, 2.05) is 28.8 Å². The maximum absolute atomic E-state index is 12.4. The zero-order valence-corrected chi connectivity index (χ0v) is 14.9. The van der Waals surface area contributed by atoms with Crippen LogP contribution in [-0.4, -0.2) is 52.3 Å². The van der Waals surface area contributed by atoms with Gasteiger partial charge in [0.1, 0.15) is 0 Å². The Balaban J connectivity index is 1.45. The van der Waals surface area contributed by atoms with Crippen LogP contribution in [0.5, 0.6) is 0 Å². The molecular formula is C18H28N4O3. The van der Waals surface area contributed by atoms with Gasteiger partial charge in [0.2, 0.25) is 11.8 Å². The Morgan fingerprint density at radius 1 is 1.32 bits per heavy atom. The summed E-state index contributed by atoms with van der Waals surface area (Å²) >= 11 is 0. The van der Waals surface area contributed by atoms with E-state index in [1.54, 1.807) is 0 Å². The van der Waals surface area contributed by atoms with Gasteiger partial charge in [-0.2, -0.15) is 5.10 Å². The van der Waals surface area contributed by atoms with E-state index in [1.165, 1.54) is 0 Å². The van der Waals surface area contributed by atoms with Gasteiger partial charge in [0.15, 0.2) is 0 Å². The fourth-order valence-corrected chi connectivity index (χ4v) is 3.89. The molecule has 0 radical (unpaired) electrons. The van der Waals surface area contributed by atoms with Crippen molar-refractivity contribution in [1.82, 2.24) is 14.7 Å². The minimum atomic E-state index is -0.248. The number of carbonyl (C=O) groups is 2. The molecule has 3 rings (SSSR count). The van der Waals surface area contributed by atoms with Gasteiger partial charge in [0.05, 0.1) is 24.1 Å². The van der Waals surface area contributed by atoms with Crippen LogP contribution in [0.25, 0.3) is 0 Å². The molecular weight excluding hydrogens is 320 g/mol. The molecule has 3 heterocycles. The summed E-state index contributed by atoms with van der Waals surface area (Å²) in [4.78, 5) is 25.9. The summed E-state index contributed by atoms with van der Waals surface area (Å²) in [6.07, 6.45) is 5.76. The second kappa shape index (κ2) is 7.99. The molecule has 0 spiro atoms. The molecule has 2 aliphatic heterocycles. The van der Waals surface area contributed by atoms with Crippen molar-refractivity contribution in [3.8, 4) is 0 Å². The van der Waals surface area contributed by atoms with Crippen molar-refractivity contribution in [1.29, 1.82) is 0 Å². The van der Waals surface area contributed by atoms with Crippen LogP contribution in [0.3, 0.4) is 0 Å². The molecule has 0 unspecified atom stereocenters. The number of rotatable bonds is 6. The van der Waals surface area contributed by atoms with Crippen LogP contribution < -0.4 is 5.73 Å². The zero-order valence-electron chi connectivity index (χ0n) is 14.9. The first kappa shape index (κ1) is 17.9. The lowest BCUT2D eigenvalue weighted by Gasteiger charge is -2.33. The van der Waals surface area contributed by atoms with Crippen LogP contribution in [-0.2, 0) is 27.3 Å². The third-order valence-corrected chi connectivity index (χ3v) is 5.46. The van der Waals surface area contributed by atoms with Gasteiger partial charge in [-0.3, -0.25) is 14.3 Å². The molecule has 25 heavy (non-hydrogen) atoms. The summed E-state index contributed by atoms with van der Waals surface area (Å²) in [5.41, 5.74) is 6.29. The Hall–Kier alpha value is -1.89. The number of likely N-dealkylation sites (tertiary alicyclic amines) is 1. The van der Waals surface area contributed by atoms with Crippen molar-refractivity contribution < 1.29 is 14.3 Å². The summed E-state index contributed by atoms with van der Waals surface area (Å²) in [6, 6.07) is 1.91. The number of aromatic nitrogens is 2. The van der Waals surface area contributed by atoms with Crippen molar-refractivity contribution in [2.75, 3.05) is 19.7 Å². The number of amides is 2. The number of nitrogens with two attached hydrogens (primary N) is 1. The Morgan fingerprint density at radius 3 is 2.72 bits per heavy atom. The molecule has 1 aromatic heterocycles. The van der Waals surface area contributed by atoms with E-state index < -0.39 is 0 Å². The van der Waals surface area contributed by atoms with Gasteiger partial charge in [0.25, 0.3) is 0 Å². The highest BCUT2D eigenvalue weighted by Gasteiger charge is 2.35. The predicted molar refractivity (Wildman–Crippen MR) is 92.6 cm³/mol. The maximum Gasteiger partial charge on any atom is 0.228 e. The molecule has 7 heteroatoms. The van der Waals surface area contributed by atoms with E-state index in [4.69, 9.17) is 10.5 Å². The number of hydrogen-bond acceptors (Lipinski definition) is 4. The third kappa shape index (κ3) is 4.39. The van der Waals surface area contributed by atoms with Gasteiger partial charge in [-0.1, -0.05) is 0 Å². The monoisotopic (exact) mass is 348 g/mol. The van der Waals surface area contributed by atoms with E-state index >= 15 is 0 Å². The van der Waals surface area contributed by atoms with E-state index in [0.29, 0.717) is 18.9 Å². The predicted octanol–water partition coefficient (Wildman–Crippen LogP) is 0.965. The number of primary amides is 1. The van der Waals surface area contributed by atoms with E-state index in [0.717, 1.165) is 51.0 Å². The molecule has 2 aliphatic rings. The molecule has 138 valence electrons. The Labute approximate surface area is 148 Å². The highest BCUT2D eigenvalue weighted by molar-refractivity contribution is 5.78. The Morgan fingerprint density at radius 2 is 2.08 bits per heavy atom. The smallest absolute Gasteiger partial charge is 0.228 e. The summed E-state index contributed by atoms with van der Waals surface area (Å²) in [5.74, 6) is 0.246. The lowest BCUT2D eigenvalue weighted by atomic mass is 9.86. The molecule has 2 N–H and O–H groups in total. The number of aryl methyl sites for hydroxylation is 1. The second-order valence-electron chi connectivity index (χ2n) is 7.11. The van der Waals surface area contributed by atoms with Crippen molar-refractivity contribution in [3.63, 3.8) is 0 Å². The quantitative estimate of drug-likeness (QED) is 0.829. The summed E-state index contributed by atoms with van der Waals surface area (Å²) in [5, 5.41) is 4.38. The second-order valence-corrected chi connectivity index (χ2v) is 7.11. The molecule has 0 aliphatic carbocycles. The van der Waals surface area contributed by atoms with Gasteiger partial charge < -0.3 is 15.4 Å². The molecule has 2 saturated heterocycles. The third-order valence-electron chi connectivity index (χ3n) is 5.46. The molecule has 1 aromatic rings. The molecule has 7 nitrogen and oxygen atoms in total. The number of carbonyl (C=O) groups excluding carboxylic acids is 2. The van der Waals surface area contributed by atoms with Crippen LogP contribution in [0.2, 0.25) is 0 Å². The van der Waals surface area contributed by atoms with Crippen molar-refractivity contribution in [2.45, 2.75) is 51.7 Å². The van der Waals surface area contributed by atoms with Gasteiger partial charge in [-0.25, -0.2) is 0 Å². The number of hydrogen-bond donors (Lipinski definition) is 1.